The maximum absolute atomic E-state index is 11.1. The zero-order valence-corrected chi connectivity index (χ0v) is 9.96. The Kier molecular flexibility index (Phi) is 7.98. The number of unbranched alkanes of at least 4 members (excludes halogenated alkanes) is 1. The summed E-state index contributed by atoms with van der Waals surface area (Å²) in [7, 11) is 0. The molecule has 1 aromatic carbocycles. The van der Waals surface area contributed by atoms with Crippen LogP contribution < -0.4 is 0 Å². The van der Waals surface area contributed by atoms with Crippen molar-refractivity contribution >= 4 is 11.7 Å². The number of azide groups is 1. The Bertz CT molecular complexity index is 407. The average Bonchev–Trinajstić information content (AvgIpc) is 2.39. The van der Waals surface area contributed by atoms with Crippen molar-refractivity contribution in [1.29, 1.82) is 0 Å². The highest BCUT2D eigenvalue weighted by molar-refractivity contribution is 6.43. The highest BCUT2D eigenvalue weighted by Gasteiger charge is 2.12. The number of carbonyl (C=O) groups excluding carboxylic acids is 2. The van der Waals surface area contributed by atoms with E-state index in [1.807, 2.05) is 0 Å². The Morgan fingerprint density at radius 3 is 2.12 bits per heavy atom. The first-order valence-corrected chi connectivity index (χ1v) is 5.36. The van der Waals surface area contributed by atoms with E-state index in [0.717, 1.165) is 0 Å². The van der Waals surface area contributed by atoms with Crippen LogP contribution in [-0.2, 0) is 4.79 Å². The van der Waals surface area contributed by atoms with Crippen molar-refractivity contribution in [2.75, 3.05) is 0 Å². The van der Waals surface area contributed by atoms with Gasteiger partial charge in [-0.15, -0.1) is 0 Å². The predicted octanol–water partition coefficient (Wildman–Crippen LogP) is 3.51. The number of amides is 1. The van der Waals surface area contributed by atoms with Crippen molar-refractivity contribution in [1.82, 2.24) is 0 Å². The van der Waals surface area contributed by atoms with Crippen LogP contribution in [0.1, 0.15) is 37.0 Å². The Hall–Kier alpha value is -2.13. The lowest BCUT2D eigenvalue weighted by molar-refractivity contribution is -0.114. The highest BCUT2D eigenvalue weighted by atomic mass is 16.2. The number of hydrogen-bond acceptors (Lipinski definition) is 2. The molecule has 0 N–H and O–H groups in total. The molecule has 17 heavy (non-hydrogen) atoms. The third-order valence-corrected chi connectivity index (χ3v) is 1.87. The van der Waals surface area contributed by atoms with Crippen LogP contribution in [0.15, 0.2) is 35.4 Å². The van der Waals surface area contributed by atoms with Crippen LogP contribution in [0.2, 0.25) is 0 Å². The van der Waals surface area contributed by atoms with Gasteiger partial charge < -0.3 is 0 Å². The molecule has 1 rings (SSSR count). The van der Waals surface area contributed by atoms with Crippen molar-refractivity contribution in [3.8, 4) is 0 Å². The molecule has 5 nitrogen and oxygen atoms in total. The molecular weight excluding hydrogens is 218 g/mol. The predicted molar refractivity (Wildman–Crippen MR) is 65.5 cm³/mol. The van der Waals surface area contributed by atoms with E-state index >= 15 is 0 Å². The molecule has 0 fully saturated rings. The molecule has 0 aromatic heterocycles. The average molecular weight is 233 g/mol. The van der Waals surface area contributed by atoms with Crippen molar-refractivity contribution in [2.45, 2.75) is 26.7 Å². The lowest BCUT2D eigenvalue weighted by atomic mass is 10.1. The SMILES string of the molecule is CCCC.[N-]=[N+]=NC(=O)C(=O)c1ccccc1. The van der Waals surface area contributed by atoms with Crippen LogP contribution >= 0.6 is 0 Å². The Morgan fingerprint density at radius 1 is 1.18 bits per heavy atom. The summed E-state index contributed by atoms with van der Waals surface area (Å²) in [6, 6.07) is 7.92. The molecule has 0 aliphatic rings. The molecule has 0 atom stereocenters. The minimum Gasteiger partial charge on any atom is -0.285 e. The summed E-state index contributed by atoms with van der Waals surface area (Å²) in [5, 5.41) is 2.69. The van der Waals surface area contributed by atoms with Crippen LogP contribution in [0.25, 0.3) is 10.4 Å². The van der Waals surface area contributed by atoms with E-state index < -0.39 is 11.7 Å². The van der Waals surface area contributed by atoms with Crippen molar-refractivity contribution in [3.63, 3.8) is 0 Å². The van der Waals surface area contributed by atoms with E-state index in [2.05, 4.69) is 23.9 Å². The van der Waals surface area contributed by atoms with Gasteiger partial charge in [0.05, 0.1) is 0 Å². The number of ketones is 1. The van der Waals surface area contributed by atoms with E-state index in [0.29, 0.717) is 0 Å². The first-order chi connectivity index (χ1) is 8.17. The fourth-order valence-electron chi connectivity index (χ4n) is 0.799. The summed E-state index contributed by atoms with van der Waals surface area (Å²) in [4.78, 5) is 24.1. The van der Waals surface area contributed by atoms with Crippen molar-refractivity contribution in [3.05, 3.63) is 46.3 Å². The second-order valence-electron chi connectivity index (χ2n) is 3.19. The van der Waals surface area contributed by atoms with E-state index in [9.17, 15) is 9.59 Å². The number of nitrogens with zero attached hydrogens (tertiary/aromatic N) is 3. The van der Waals surface area contributed by atoms with Crippen LogP contribution in [0.3, 0.4) is 0 Å². The standard InChI is InChI=1S/C8H5N3O2.C4H10/c9-11-10-8(13)7(12)6-4-2-1-3-5-6;1-3-4-2/h1-5H;3-4H2,1-2H3. The van der Waals surface area contributed by atoms with Gasteiger partial charge in [0, 0.05) is 10.5 Å². The quantitative estimate of drug-likeness (QED) is 0.263. The van der Waals surface area contributed by atoms with Gasteiger partial charge in [-0.3, -0.25) is 9.59 Å². The molecule has 0 saturated carbocycles. The first kappa shape index (κ1) is 14.9. The molecule has 5 heteroatoms. The van der Waals surface area contributed by atoms with E-state index in [1.54, 1.807) is 18.2 Å². The molecule has 0 spiro atoms. The fraction of sp³-hybridized carbons (Fsp3) is 0.333. The molecule has 0 radical (unpaired) electrons. The van der Waals surface area contributed by atoms with Gasteiger partial charge in [-0.05, 0) is 10.6 Å². The van der Waals surface area contributed by atoms with Gasteiger partial charge in [0.1, 0.15) is 0 Å². The summed E-state index contributed by atoms with van der Waals surface area (Å²) in [6.45, 7) is 4.36. The summed E-state index contributed by atoms with van der Waals surface area (Å²) in [5.41, 5.74) is 8.14. The summed E-state index contributed by atoms with van der Waals surface area (Å²) in [6.07, 6.45) is 2.64. The van der Waals surface area contributed by atoms with Crippen LogP contribution in [-0.4, -0.2) is 11.7 Å². The topological polar surface area (TPSA) is 82.9 Å². The fourth-order valence-corrected chi connectivity index (χ4v) is 0.799. The van der Waals surface area contributed by atoms with Gasteiger partial charge in [-0.1, -0.05) is 57.0 Å². The van der Waals surface area contributed by atoms with E-state index in [-0.39, 0.29) is 5.56 Å². The van der Waals surface area contributed by atoms with Gasteiger partial charge >= 0.3 is 0 Å². The maximum atomic E-state index is 11.1. The molecule has 0 aliphatic carbocycles. The minimum absolute atomic E-state index is 0.222. The van der Waals surface area contributed by atoms with Crippen molar-refractivity contribution in [2.24, 2.45) is 5.11 Å². The van der Waals surface area contributed by atoms with Gasteiger partial charge in [-0.25, -0.2) is 0 Å². The molecule has 1 aromatic rings. The lowest BCUT2D eigenvalue weighted by Crippen LogP contribution is -2.10. The zero-order chi connectivity index (χ0) is 13.1. The monoisotopic (exact) mass is 233 g/mol. The minimum atomic E-state index is -1.09. The zero-order valence-electron chi connectivity index (χ0n) is 9.96. The van der Waals surface area contributed by atoms with Gasteiger partial charge in [0.15, 0.2) is 0 Å². The largest absolute Gasteiger partial charge is 0.289 e. The van der Waals surface area contributed by atoms with Gasteiger partial charge in [-0.2, -0.15) is 0 Å². The van der Waals surface area contributed by atoms with Crippen molar-refractivity contribution < 1.29 is 9.59 Å². The second-order valence-corrected chi connectivity index (χ2v) is 3.19. The normalized spacial score (nSPS) is 8.35. The van der Waals surface area contributed by atoms with Crippen LogP contribution in [0.5, 0.6) is 0 Å². The molecule has 1 amide bonds. The molecular formula is C12H15N3O2. The van der Waals surface area contributed by atoms with E-state index in [1.165, 1.54) is 25.0 Å². The highest BCUT2D eigenvalue weighted by Crippen LogP contribution is 2.00. The summed E-state index contributed by atoms with van der Waals surface area (Å²) < 4.78 is 0. The number of rotatable bonds is 3. The Morgan fingerprint density at radius 2 is 1.71 bits per heavy atom. The Balaban J connectivity index is 0.000000557. The molecule has 0 aliphatic heterocycles. The number of benzene rings is 1. The summed E-state index contributed by atoms with van der Waals surface area (Å²) in [5.74, 6) is -1.88. The molecule has 0 heterocycles. The number of carbonyl (C=O) groups is 2. The maximum Gasteiger partial charge on any atom is 0.289 e. The second kappa shape index (κ2) is 9.12. The third kappa shape index (κ3) is 6.12. The first-order valence-electron chi connectivity index (χ1n) is 5.36. The van der Waals surface area contributed by atoms with Gasteiger partial charge in [0.2, 0.25) is 5.78 Å². The van der Waals surface area contributed by atoms with Crippen LogP contribution in [0.4, 0.5) is 0 Å². The number of hydrogen-bond donors (Lipinski definition) is 0. The molecule has 0 bridgehead atoms. The van der Waals surface area contributed by atoms with Crippen LogP contribution in [0, 0.1) is 0 Å². The smallest absolute Gasteiger partial charge is 0.285 e. The molecule has 0 unspecified atom stereocenters. The number of Topliss-reactive ketones (excluding diaryl/α,β-unsaturated/α-hetero) is 1. The van der Waals surface area contributed by atoms with E-state index in [4.69, 9.17) is 5.53 Å². The third-order valence-electron chi connectivity index (χ3n) is 1.87. The molecule has 90 valence electrons. The summed E-state index contributed by atoms with van der Waals surface area (Å²) >= 11 is 0. The lowest BCUT2D eigenvalue weighted by Gasteiger charge is -1.93. The molecule has 0 saturated heterocycles. The van der Waals surface area contributed by atoms with Gasteiger partial charge in [0.25, 0.3) is 5.91 Å². The Labute approximate surface area is 100 Å².